The van der Waals surface area contributed by atoms with Gasteiger partial charge in [-0.3, -0.25) is 4.79 Å². The lowest BCUT2D eigenvalue weighted by molar-refractivity contribution is -0.116. The van der Waals surface area contributed by atoms with Crippen molar-refractivity contribution in [2.75, 3.05) is 5.32 Å². The lowest BCUT2D eigenvalue weighted by atomic mass is 9.87. The molecule has 0 bridgehead atoms. The summed E-state index contributed by atoms with van der Waals surface area (Å²) in [7, 11) is 0. The van der Waals surface area contributed by atoms with E-state index in [1.807, 2.05) is 60.8 Å². The molecule has 1 aliphatic heterocycles. The van der Waals surface area contributed by atoms with Crippen molar-refractivity contribution >= 4 is 23.3 Å². The Balaban J connectivity index is 1.85. The second kappa shape index (κ2) is 5.56. The van der Waals surface area contributed by atoms with Gasteiger partial charge in [0.05, 0.1) is 11.9 Å². The smallest absolute Gasteiger partial charge is 0.226 e. The van der Waals surface area contributed by atoms with E-state index in [1.54, 1.807) is 4.68 Å². The van der Waals surface area contributed by atoms with Crippen LogP contribution in [-0.4, -0.2) is 15.7 Å². The first-order chi connectivity index (χ1) is 11.2. The molecular weight excluding hydrogens is 310 g/mol. The number of hydrogen-bond acceptors (Lipinski definition) is 2. The molecule has 0 unspecified atom stereocenters. The Morgan fingerprint density at radius 2 is 1.78 bits per heavy atom. The van der Waals surface area contributed by atoms with E-state index >= 15 is 0 Å². The van der Waals surface area contributed by atoms with Gasteiger partial charge in [0, 0.05) is 22.9 Å². The molecule has 0 saturated heterocycles. The average Bonchev–Trinajstić information content (AvgIpc) is 2.99. The van der Waals surface area contributed by atoms with Crippen LogP contribution in [0.2, 0.25) is 5.02 Å². The van der Waals surface area contributed by atoms with Gasteiger partial charge in [0.25, 0.3) is 0 Å². The Morgan fingerprint density at radius 1 is 1.04 bits per heavy atom. The highest BCUT2D eigenvalue weighted by atomic mass is 35.5. The van der Waals surface area contributed by atoms with E-state index in [9.17, 15) is 4.79 Å². The topological polar surface area (TPSA) is 46.9 Å². The summed E-state index contributed by atoms with van der Waals surface area (Å²) in [5.74, 6) is 0.613. The number of fused-ring (bicyclic) bond motifs is 1. The van der Waals surface area contributed by atoms with Crippen molar-refractivity contribution in [3.8, 4) is 5.69 Å². The molecule has 0 saturated carbocycles. The second-order valence-electron chi connectivity index (χ2n) is 5.52. The number of carbonyl (C=O) groups is 1. The predicted molar refractivity (Wildman–Crippen MR) is 90.1 cm³/mol. The molecule has 23 heavy (non-hydrogen) atoms. The third kappa shape index (κ3) is 2.41. The normalized spacial score (nSPS) is 16.7. The first kappa shape index (κ1) is 14.0. The summed E-state index contributed by atoms with van der Waals surface area (Å²) >= 11 is 6.34. The summed E-state index contributed by atoms with van der Waals surface area (Å²) in [5.41, 5.74) is 2.85. The number of carbonyl (C=O) groups excluding carboxylic acids is 1. The van der Waals surface area contributed by atoms with Gasteiger partial charge >= 0.3 is 0 Å². The van der Waals surface area contributed by atoms with E-state index in [-0.39, 0.29) is 11.8 Å². The van der Waals surface area contributed by atoms with Gasteiger partial charge in [0.2, 0.25) is 5.91 Å². The van der Waals surface area contributed by atoms with Crippen LogP contribution in [0.5, 0.6) is 0 Å². The van der Waals surface area contributed by atoms with Gasteiger partial charge in [-0.1, -0.05) is 48.0 Å². The highest BCUT2D eigenvalue weighted by Crippen LogP contribution is 2.40. The predicted octanol–water partition coefficient (Wildman–Crippen LogP) is 4.00. The lowest BCUT2D eigenvalue weighted by Gasteiger charge is -2.24. The molecule has 1 aromatic heterocycles. The summed E-state index contributed by atoms with van der Waals surface area (Å²) in [6.45, 7) is 0. The molecule has 2 aromatic carbocycles. The van der Waals surface area contributed by atoms with Gasteiger partial charge in [-0.2, -0.15) is 5.10 Å². The van der Waals surface area contributed by atoms with Crippen molar-refractivity contribution in [1.82, 2.24) is 9.78 Å². The third-order valence-electron chi connectivity index (χ3n) is 4.10. The van der Waals surface area contributed by atoms with E-state index in [4.69, 9.17) is 11.6 Å². The molecule has 0 fully saturated rings. The minimum Gasteiger partial charge on any atom is -0.310 e. The molecular formula is C18H14ClN3O. The Bertz CT molecular complexity index is 873. The summed E-state index contributed by atoms with van der Waals surface area (Å²) < 4.78 is 1.76. The number of aromatic nitrogens is 2. The zero-order valence-electron chi connectivity index (χ0n) is 12.2. The van der Waals surface area contributed by atoms with E-state index in [1.165, 1.54) is 0 Å². The van der Waals surface area contributed by atoms with Gasteiger partial charge in [-0.05, 0) is 23.8 Å². The number of para-hydroxylation sites is 1. The highest BCUT2D eigenvalue weighted by molar-refractivity contribution is 6.31. The second-order valence-corrected chi connectivity index (χ2v) is 5.93. The molecule has 0 spiro atoms. The fourth-order valence-corrected chi connectivity index (χ4v) is 3.29. The van der Waals surface area contributed by atoms with Crippen LogP contribution < -0.4 is 5.32 Å². The minimum absolute atomic E-state index is 0.0277. The Morgan fingerprint density at radius 3 is 2.57 bits per heavy atom. The number of rotatable bonds is 2. The molecule has 1 N–H and O–H groups in total. The van der Waals surface area contributed by atoms with Crippen LogP contribution in [0, 0.1) is 0 Å². The first-order valence-electron chi connectivity index (χ1n) is 7.41. The lowest BCUT2D eigenvalue weighted by Crippen LogP contribution is -2.24. The molecule has 4 nitrogen and oxygen atoms in total. The number of anilines is 1. The quantitative estimate of drug-likeness (QED) is 0.775. The van der Waals surface area contributed by atoms with Crippen molar-refractivity contribution in [3.05, 3.63) is 76.9 Å². The number of hydrogen-bond donors (Lipinski definition) is 1. The summed E-state index contributed by atoms with van der Waals surface area (Å²) in [5, 5.41) is 8.08. The van der Waals surface area contributed by atoms with Gasteiger partial charge < -0.3 is 5.32 Å². The summed E-state index contributed by atoms with van der Waals surface area (Å²) in [6.07, 6.45) is 2.19. The van der Waals surface area contributed by atoms with Gasteiger partial charge in [-0.25, -0.2) is 4.68 Å². The highest BCUT2D eigenvalue weighted by Gasteiger charge is 2.31. The maximum Gasteiger partial charge on any atom is 0.226 e. The minimum atomic E-state index is -0.0788. The number of amides is 1. The van der Waals surface area contributed by atoms with Crippen LogP contribution in [0.15, 0.2) is 60.8 Å². The van der Waals surface area contributed by atoms with E-state index in [2.05, 4.69) is 10.4 Å². The number of nitrogens with one attached hydrogen (secondary N) is 1. The number of nitrogens with zero attached hydrogens (tertiary/aromatic N) is 2. The number of halogens is 1. The number of benzene rings is 2. The molecule has 3 aromatic rings. The van der Waals surface area contributed by atoms with Crippen molar-refractivity contribution in [2.24, 2.45) is 0 Å². The van der Waals surface area contributed by atoms with Crippen molar-refractivity contribution in [1.29, 1.82) is 0 Å². The van der Waals surface area contributed by atoms with E-state index in [0.29, 0.717) is 11.4 Å². The van der Waals surface area contributed by atoms with E-state index < -0.39 is 0 Å². The van der Waals surface area contributed by atoms with Crippen molar-refractivity contribution in [3.63, 3.8) is 0 Å². The van der Waals surface area contributed by atoms with E-state index in [0.717, 1.165) is 22.6 Å². The Kier molecular flexibility index (Phi) is 3.39. The maximum atomic E-state index is 12.2. The van der Waals surface area contributed by atoms with Crippen LogP contribution in [0.1, 0.15) is 23.5 Å². The molecule has 1 aliphatic rings. The molecule has 5 heteroatoms. The maximum absolute atomic E-state index is 12.2. The third-order valence-corrected chi connectivity index (χ3v) is 4.45. The van der Waals surface area contributed by atoms with Gasteiger partial charge in [0.15, 0.2) is 0 Å². The standard InChI is InChI=1S/C18H14ClN3O/c19-16-9-5-4-8-13(16)14-10-17(23)21-18-15(14)11-20-22(18)12-6-2-1-3-7-12/h1-9,11,14H,10H2,(H,21,23)/t14-/m0/s1. The van der Waals surface area contributed by atoms with Crippen LogP contribution in [0.25, 0.3) is 5.69 Å². The molecule has 1 atom stereocenters. The Hall–Kier alpha value is -2.59. The summed E-state index contributed by atoms with van der Waals surface area (Å²) in [6, 6.07) is 17.4. The largest absolute Gasteiger partial charge is 0.310 e. The van der Waals surface area contributed by atoms with Crippen molar-refractivity contribution < 1.29 is 4.79 Å². The molecule has 2 heterocycles. The van der Waals surface area contributed by atoms with Crippen LogP contribution in [-0.2, 0) is 4.79 Å². The Labute approximate surface area is 138 Å². The van der Waals surface area contributed by atoms with Crippen LogP contribution >= 0.6 is 11.6 Å². The van der Waals surface area contributed by atoms with Gasteiger partial charge in [0.1, 0.15) is 5.82 Å². The molecule has 4 rings (SSSR count). The molecule has 0 radical (unpaired) electrons. The fraction of sp³-hybridized carbons (Fsp3) is 0.111. The first-order valence-corrected chi connectivity index (χ1v) is 7.79. The zero-order chi connectivity index (χ0) is 15.8. The van der Waals surface area contributed by atoms with Crippen LogP contribution in [0.3, 0.4) is 0 Å². The van der Waals surface area contributed by atoms with Crippen molar-refractivity contribution in [2.45, 2.75) is 12.3 Å². The van der Waals surface area contributed by atoms with Gasteiger partial charge in [-0.15, -0.1) is 0 Å². The zero-order valence-corrected chi connectivity index (χ0v) is 13.0. The average molecular weight is 324 g/mol. The molecule has 114 valence electrons. The fourth-order valence-electron chi connectivity index (χ4n) is 3.02. The SMILES string of the molecule is O=C1C[C@@H](c2ccccc2Cl)c2cnn(-c3ccccc3)c2N1. The monoisotopic (exact) mass is 323 g/mol. The molecule has 0 aliphatic carbocycles. The molecule has 1 amide bonds. The summed E-state index contributed by atoms with van der Waals surface area (Å²) in [4.78, 5) is 12.2. The van der Waals surface area contributed by atoms with Crippen LogP contribution in [0.4, 0.5) is 5.82 Å².